The summed E-state index contributed by atoms with van der Waals surface area (Å²) in [4.78, 5) is 14.3. The fourth-order valence-corrected chi connectivity index (χ4v) is 3.09. The number of hydrogen-bond donors (Lipinski definition) is 1. The van der Waals surface area contributed by atoms with Gasteiger partial charge in [-0.1, -0.05) is 35.9 Å². The van der Waals surface area contributed by atoms with Crippen molar-refractivity contribution in [2.75, 3.05) is 6.54 Å². The lowest BCUT2D eigenvalue weighted by Gasteiger charge is -2.41. The molecule has 2 aromatic rings. The van der Waals surface area contributed by atoms with Gasteiger partial charge in [-0.15, -0.1) is 0 Å². The van der Waals surface area contributed by atoms with E-state index in [1.165, 1.54) is 0 Å². The Hall–Kier alpha value is -2.00. The number of aromatic hydroxyl groups is 1. The summed E-state index contributed by atoms with van der Waals surface area (Å²) in [6, 6.07) is 15.1. The summed E-state index contributed by atoms with van der Waals surface area (Å²) in [6.07, 6.45) is 3.26. The van der Waals surface area contributed by atoms with Gasteiger partial charge in [0.1, 0.15) is 5.75 Å². The standard InChI is InChI=1S/C19H20ClNO2/c20-16-8-6-15(7-9-16)18-12-13-21(18)19(23)3-1-2-14-4-10-17(22)11-5-14/h4-11,18,22H,1-3,12-13H2/t18-/m1/s1. The maximum atomic E-state index is 12.4. The van der Waals surface area contributed by atoms with E-state index >= 15 is 0 Å². The third-order valence-corrected chi connectivity index (χ3v) is 4.64. The Balaban J connectivity index is 1.50. The predicted molar refractivity (Wildman–Crippen MR) is 91.6 cm³/mol. The number of hydrogen-bond acceptors (Lipinski definition) is 2. The van der Waals surface area contributed by atoms with Crippen LogP contribution in [0.2, 0.25) is 5.02 Å². The molecular weight excluding hydrogens is 310 g/mol. The zero-order valence-electron chi connectivity index (χ0n) is 12.9. The Labute approximate surface area is 141 Å². The van der Waals surface area contributed by atoms with Crippen LogP contribution in [0.1, 0.15) is 36.4 Å². The van der Waals surface area contributed by atoms with Gasteiger partial charge < -0.3 is 10.0 Å². The molecule has 0 radical (unpaired) electrons. The normalized spacial score (nSPS) is 16.9. The molecule has 1 saturated heterocycles. The lowest BCUT2D eigenvalue weighted by atomic mass is 9.94. The number of likely N-dealkylation sites (tertiary alicyclic amines) is 1. The van der Waals surface area contributed by atoms with Gasteiger partial charge >= 0.3 is 0 Å². The zero-order valence-corrected chi connectivity index (χ0v) is 13.7. The van der Waals surface area contributed by atoms with Crippen molar-refractivity contribution >= 4 is 17.5 Å². The van der Waals surface area contributed by atoms with Crippen molar-refractivity contribution in [2.45, 2.75) is 31.7 Å². The van der Waals surface area contributed by atoms with Crippen LogP contribution in [0.15, 0.2) is 48.5 Å². The predicted octanol–water partition coefficient (Wildman–Crippen LogP) is 4.34. The molecular formula is C19H20ClNO2. The highest BCUT2D eigenvalue weighted by atomic mass is 35.5. The van der Waals surface area contributed by atoms with E-state index in [1.54, 1.807) is 12.1 Å². The average molecular weight is 330 g/mol. The van der Waals surface area contributed by atoms with E-state index in [4.69, 9.17) is 11.6 Å². The molecule has 1 fully saturated rings. The van der Waals surface area contributed by atoms with Gasteiger partial charge in [0.2, 0.25) is 5.91 Å². The average Bonchev–Trinajstić information content (AvgIpc) is 2.50. The van der Waals surface area contributed by atoms with Crippen LogP contribution >= 0.6 is 11.6 Å². The van der Waals surface area contributed by atoms with Gasteiger partial charge in [0, 0.05) is 18.0 Å². The van der Waals surface area contributed by atoms with E-state index in [9.17, 15) is 9.90 Å². The van der Waals surface area contributed by atoms with Gasteiger partial charge in [-0.3, -0.25) is 4.79 Å². The lowest BCUT2D eigenvalue weighted by Crippen LogP contribution is -2.45. The highest BCUT2D eigenvalue weighted by Gasteiger charge is 2.32. The zero-order chi connectivity index (χ0) is 16.2. The highest BCUT2D eigenvalue weighted by Crippen LogP contribution is 2.34. The number of halogens is 1. The largest absolute Gasteiger partial charge is 0.508 e. The van der Waals surface area contributed by atoms with E-state index in [-0.39, 0.29) is 17.7 Å². The lowest BCUT2D eigenvalue weighted by molar-refractivity contribution is -0.139. The molecule has 1 amide bonds. The molecule has 0 aliphatic carbocycles. The minimum absolute atomic E-state index is 0.202. The van der Waals surface area contributed by atoms with E-state index < -0.39 is 0 Å². The van der Waals surface area contributed by atoms with Gasteiger partial charge in [-0.05, 0) is 54.7 Å². The van der Waals surface area contributed by atoms with Crippen LogP contribution in [-0.4, -0.2) is 22.5 Å². The molecule has 1 aliphatic heterocycles. The monoisotopic (exact) mass is 329 g/mol. The fourth-order valence-electron chi connectivity index (χ4n) is 2.97. The second-order valence-electron chi connectivity index (χ2n) is 5.96. The smallest absolute Gasteiger partial charge is 0.223 e. The molecule has 0 aromatic heterocycles. The minimum atomic E-state index is 0.202. The first-order chi connectivity index (χ1) is 11.1. The van der Waals surface area contributed by atoms with Gasteiger partial charge in [0.05, 0.1) is 6.04 Å². The molecule has 0 saturated carbocycles. The topological polar surface area (TPSA) is 40.5 Å². The van der Waals surface area contributed by atoms with Gasteiger partial charge in [0.25, 0.3) is 0 Å². The molecule has 2 aromatic carbocycles. The fraction of sp³-hybridized carbons (Fsp3) is 0.316. The van der Waals surface area contributed by atoms with Gasteiger partial charge in [-0.25, -0.2) is 0 Å². The Morgan fingerprint density at radius 1 is 1.13 bits per heavy atom. The second-order valence-corrected chi connectivity index (χ2v) is 6.40. The summed E-state index contributed by atoms with van der Waals surface area (Å²) >= 11 is 5.92. The summed E-state index contributed by atoms with van der Waals surface area (Å²) in [5.74, 6) is 0.492. The number of benzene rings is 2. The van der Waals surface area contributed by atoms with Crippen molar-refractivity contribution in [3.8, 4) is 5.75 Å². The Kier molecular flexibility index (Phi) is 4.87. The van der Waals surface area contributed by atoms with Crippen LogP contribution in [0.5, 0.6) is 5.75 Å². The molecule has 1 atom stereocenters. The number of nitrogens with zero attached hydrogens (tertiary/aromatic N) is 1. The molecule has 4 heteroatoms. The van der Waals surface area contributed by atoms with E-state index in [2.05, 4.69) is 0 Å². The molecule has 0 unspecified atom stereocenters. The Morgan fingerprint density at radius 2 is 1.83 bits per heavy atom. The van der Waals surface area contributed by atoms with Crippen molar-refractivity contribution in [3.05, 3.63) is 64.7 Å². The van der Waals surface area contributed by atoms with Crippen molar-refractivity contribution < 1.29 is 9.90 Å². The number of rotatable bonds is 5. The van der Waals surface area contributed by atoms with Crippen molar-refractivity contribution in [2.24, 2.45) is 0 Å². The van der Waals surface area contributed by atoms with E-state index in [1.807, 2.05) is 41.3 Å². The molecule has 3 nitrogen and oxygen atoms in total. The van der Waals surface area contributed by atoms with Crippen LogP contribution in [0, 0.1) is 0 Å². The molecule has 1 N–H and O–H groups in total. The summed E-state index contributed by atoms with van der Waals surface area (Å²) in [5, 5.41) is 9.99. The first-order valence-electron chi connectivity index (χ1n) is 7.96. The van der Waals surface area contributed by atoms with Crippen molar-refractivity contribution in [1.82, 2.24) is 4.90 Å². The maximum Gasteiger partial charge on any atom is 0.223 e. The van der Waals surface area contributed by atoms with Crippen LogP contribution in [0.25, 0.3) is 0 Å². The first kappa shape index (κ1) is 15.9. The molecule has 1 aliphatic rings. The number of phenols is 1. The quantitative estimate of drug-likeness (QED) is 0.886. The maximum absolute atomic E-state index is 12.4. The van der Waals surface area contributed by atoms with E-state index in [0.29, 0.717) is 6.42 Å². The molecule has 0 spiro atoms. The summed E-state index contributed by atoms with van der Waals surface area (Å²) < 4.78 is 0. The number of phenolic OH excluding ortho intramolecular Hbond substituents is 1. The van der Waals surface area contributed by atoms with E-state index in [0.717, 1.165) is 42.0 Å². The third-order valence-electron chi connectivity index (χ3n) is 4.39. The molecule has 23 heavy (non-hydrogen) atoms. The van der Waals surface area contributed by atoms with Crippen LogP contribution in [0.4, 0.5) is 0 Å². The van der Waals surface area contributed by atoms with Crippen LogP contribution in [-0.2, 0) is 11.2 Å². The minimum Gasteiger partial charge on any atom is -0.508 e. The number of carbonyl (C=O) groups is 1. The highest BCUT2D eigenvalue weighted by molar-refractivity contribution is 6.30. The summed E-state index contributed by atoms with van der Waals surface area (Å²) in [5.41, 5.74) is 2.31. The van der Waals surface area contributed by atoms with Gasteiger partial charge in [-0.2, -0.15) is 0 Å². The van der Waals surface area contributed by atoms with Crippen LogP contribution < -0.4 is 0 Å². The Bertz CT molecular complexity index is 667. The SMILES string of the molecule is O=C(CCCc1ccc(O)cc1)N1CC[C@@H]1c1ccc(Cl)cc1. The number of aryl methyl sites for hydroxylation is 1. The Morgan fingerprint density at radius 3 is 2.43 bits per heavy atom. The molecule has 0 bridgehead atoms. The molecule has 120 valence electrons. The number of carbonyl (C=O) groups excluding carboxylic acids is 1. The molecule has 3 rings (SSSR count). The molecule has 1 heterocycles. The first-order valence-corrected chi connectivity index (χ1v) is 8.34. The van der Waals surface area contributed by atoms with Gasteiger partial charge in [0.15, 0.2) is 0 Å². The van der Waals surface area contributed by atoms with Crippen molar-refractivity contribution in [1.29, 1.82) is 0 Å². The third kappa shape index (κ3) is 3.85. The second kappa shape index (κ2) is 7.05. The van der Waals surface area contributed by atoms with Crippen molar-refractivity contribution in [3.63, 3.8) is 0 Å². The summed E-state index contributed by atoms with van der Waals surface area (Å²) in [7, 11) is 0. The summed E-state index contributed by atoms with van der Waals surface area (Å²) in [6.45, 7) is 0.839. The van der Waals surface area contributed by atoms with Crippen LogP contribution in [0.3, 0.4) is 0 Å². The number of amides is 1.